The number of halogens is 2. The van der Waals surface area contributed by atoms with Crippen LogP contribution >= 0.6 is 11.6 Å². The minimum Gasteiger partial charge on any atom is -0.447 e. The minimum atomic E-state index is -0.772. The van der Waals surface area contributed by atoms with Gasteiger partial charge in [0.25, 0.3) is 0 Å². The highest BCUT2D eigenvalue weighted by Gasteiger charge is 2.04. The minimum absolute atomic E-state index is 0.116. The lowest BCUT2D eigenvalue weighted by molar-refractivity contribution is 0.131. The summed E-state index contributed by atoms with van der Waals surface area (Å²) in [5.41, 5.74) is 0.197. The monoisotopic (exact) mass is 233 g/mol. The molecule has 0 aliphatic heterocycles. The first-order valence-corrected chi connectivity index (χ1v) is 4.50. The van der Waals surface area contributed by atoms with E-state index in [1.807, 2.05) is 0 Å². The van der Waals surface area contributed by atoms with Crippen molar-refractivity contribution >= 4 is 23.4 Å². The zero-order valence-corrected chi connectivity index (χ0v) is 8.42. The Morgan fingerprint density at radius 1 is 1.53 bits per heavy atom. The van der Waals surface area contributed by atoms with E-state index >= 15 is 0 Å². The number of nitrogens with one attached hydrogen (secondary N) is 1. The van der Waals surface area contributed by atoms with Gasteiger partial charge in [-0.25, -0.2) is 9.18 Å². The van der Waals surface area contributed by atoms with E-state index in [0.29, 0.717) is 0 Å². The summed E-state index contributed by atoms with van der Waals surface area (Å²) in [6.45, 7) is -0.383. The Labute approximate surface area is 90.6 Å². The van der Waals surface area contributed by atoms with Crippen LogP contribution in [0.1, 0.15) is 0 Å². The molecule has 2 N–H and O–H groups in total. The van der Waals surface area contributed by atoms with E-state index in [-0.39, 0.29) is 23.9 Å². The number of hydrogen-bond donors (Lipinski definition) is 2. The van der Waals surface area contributed by atoms with Crippen LogP contribution in [-0.2, 0) is 4.74 Å². The predicted octanol–water partition coefficient (Wildman–Crippen LogP) is 2.02. The number of benzene rings is 1. The van der Waals surface area contributed by atoms with Crippen LogP contribution < -0.4 is 5.32 Å². The molecule has 1 aromatic carbocycles. The van der Waals surface area contributed by atoms with Gasteiger partial charge in [-0.15, -0.1) is 0 Å². The summed E-state index contributed by atoms with van der Waals surface area (Å²) in [7, 11) is 0. The van der Waals surface area contributed by atoms with Crippen molar-refractivity contribution in [2.75, 3.05) is 18.5 Å². The second kappa shape index (κ2) is 5.53. The van der Waals surface area contributed by atoms with Crippen molar-refractivity contribution in [3.05, 3.63) is 29.0 Å². The van der Waals surface area contributed by atoms with E-state index in [0.717, 1.165) is 12.1 Å². The molecule has 0 heterocycles. The zero-order chi connectivity index (χ0) is 11.3. The van der Waals surface area contributed by atoms with Gasteiger partial charge in [0.15, 0.2) is 0 Å². The van der Waals surface area contributed by atoms with Crippen LogP contribution in [0.15, 0.2) is 18.2 Å². The third-order valence-corrected chi connectivity index (χ3v) is 1.65. The quantitative estimate of drug-likeness (QED) is 0.840. The lowest BCUT2D eigenvalue weighted by atomic mass is 10.3. The number of anilines is 1. The van der Waals surface area contributed by atoms with Gasteiger partial charge in [-0.05, 0) is 18.2 Å². The van der Waals surface area contributed by atoms with Crippen LogP contribution in [0, 0.1) is 5.82 Å². The molecular weight excluding hydrogens is 225 g/mol. The maximum atomic E-state index is 12.8. The zero-order valence-electron chi connectivity index (χ0n) is 7.67. The first-order chi connectivity index (χ1) is 7.11. The molecule has 0 saturated heterocycles. The van der Waals surface area contributed by atoms with Crippen LogP contribution in [-0.4, -0.2) is 24.4 Å². The molecule has 0 aliphatic rings. The van der Waals surface area contributed by atoms with Crippen molar-refractivity contribution in [2.45, 2.75) is 0 Å². The maximum absolute atomic E-state index is 12.8. The van der Waals surface area contributed by atoms with Crippen LogP contribution in [0.5, 0.6) is 0 Å². The molecule has 0 aromatic heterocycles. The van der Waals surface area contributed by atoms with Gasteiger partial charge < -0.3 is 9.84 Å². The molecule has 0 aliphatic carbocycles. The summed E-state index contributed by atoms with van der Waals surface area (Å²) in [4.78, 5) is 11.0. The fourth-order valence-electron chi connectivity index (χ4n) is 0.918. The molecule has 82 valence electrons. The number of aliphatic hydroxyl groups excluding tert-OH is 1. The smallest absolute Gasteiger partial charge is 0.411 e. The second-order valence-corrected chi connectivity index (χ2v) is 3.08. The SMILES string of the molecule is O=C(Nc1cc(F)cc(Cl)c1)OCCO. The summed E-state index contributed by atoms with van der Waals surface area (Å²) >= 11 is 5.57. The largest absolute Gasteiger partial charge is 0.447 e. The Balaban J connectivity index is 2.60. The Kier molecular flexibility index (Phi) is 4.33. The second-order valence-electron chi connectivity index (χ2n) is 2.64. The molecule has 0 fully saturated rings. The number of hydrogen-bond acceptors (Lipinski definition) is 3. The van der Waals surface area contributed by atoms with E-state index in [4.69, 9.17) is 16.7 Å². The lowest BCUT2D eigenvalue weighted by Crippen LogP contribution is -2.15. The fraction of sp³-hybridized carbons (Fsp3) is 0.222. The van der Waals surface area contributed by atoms with Crippen molar-refractivity contribution < 1.29 is 19.0 Å². The summed E-state index contributed by atoms with van der Waals surface area (Å²) in [6, 6.07) is 3.60. The van der Waals surface area contributed by atoms with Gasteiger partial charge in [-0.1, -0.05) is 11.6 Å². The van der Waals surface area contributed by atoms with Gasteiger partial charge in [0, 0.05) is 10.7 Å². The molecule has 1 rings (SSSR count). The Morgan fingerprint density at radius 3 is 2.87 bits per heavy atom. The number of carbonyl (C=O) groups excluding carboxylic acids is 1. The van der Waals surface area contributed by atoms with Crippen molar-refractivity contribution in [3.8, 4) is 0 Å². The fourth-order valence-corrected chi connectivity index (χ4v) is 1.14. The molecule has 1 aromatic rings. The Hall–Kier alpha value is -1.33. The number of ether oxygens (including phenoxy) is 1. The topological polar surface area (TPSA) is 58.6 Å². The van der Waals surface area contributed by atoms with E-state index < -0.39 is 11.9 Å². The van der Waals surface area contributed by atoms with Crippen molar-refractivity contribution in [1.82, 2.24) is 0 Å². The standard InChI is InChI=1S/C9H9ClFNO3/c10-6-3-7(11)5-8(4-6)12-9(14)15-2-1-13/h3-5,13H,1-2H2,(H,12,14). The van der Waals surface area contributed by atoms with Gasteiger partial charge in [0.2, 0.25) is 0 Å². The average molecular weight is 234 g/mol. The molecule has 0 bridgehead atoms. The lowest BCUT2D eigenvalue weighted by Gasteiger charge is -2.06. The average Bonchev–Trinajstić information content (AvgIpc) is 2.13. The number of amides is 1. The summed E-state index contributed by atoms with van der Waals surface area (Å²) < 4.78 is 17.3. The van der Waals surface area contributed by atoms with E-state index in [9.17, 15) is 9.18 Å². The molecule has 0 saturated carbocycles. The van der Waals surface area contributed by atoms with Gasteiger partial charge in [0.1, 0.15) is 12.4 Å². The molecular formula is C9H9ClFNO3. The predicted molar refractivity (Wildman–Crippen MR) is 53.5 cm³/mol. The van der Waals surface area contributed by atoms with Crippen LogP contribution in [0.2, 0.25) is 5.02 Å². The van der Waals surface area contributed by atoms with Crippen LogP contribution in [0.3, 0.4) is 0 Å². The molecule has 1 amide bonds. The molecule has 0 radical (unpaired) electrons. The first-order valence-electron chi connectivity index (χ1n) is 4.12. The van der Waals surface area contributed by atoms with Crippen LogP contribution in [0.4, 0.5) is 14.9 Å². The third-order valence-electron chi connectivity index (χ3n) is 1.43. The van der Waals surface area contributed by atoms with Crippen molar-refractivity contribution in [2.24, 2.45) is 0 Å². The third kappa shape index (κ3) is 4.14. The molecule has 0 atom stereocenters. The summed E-state index contributed by atoms with van der Waals surface area (Å²) in [5, 5.41) is 10.8. The number of rotatable bonds is 3. The number of carbonyl (C=O) groups is 1. The normalized spacial score (nSPS) is 9.80. The van der Waals surface area contributed by atoms with E-state index in [2.05, 4.69) is 10.1 Å². The van der Waals surface area contributed by atoms with Gasteiger partial charge >= 0.3 is 6.09 Å². The Morgan fingerprint density at radius 2 is 2.27 bits per heavy atom. The van der Waals surface area contributed by atoms with E-state index in [1.54, 1.807) is 0 Å². The van der Waals surface area contributed by atoms with Crippen molar-refractivity contribution in [3.63, 3.8) is 0 Å². The molecule has 0 spiro atoms. The molecule has 15 heavy (non-hydrogen) atoms. The van der Waals surface area contributed by atoms with Crippen LogP contribution in [0.25, 0.3) is 0 Å². The number of aliphatic hydroxyl groups is 1. The van der Waals surface area contributed by atoms with Gasteiger partial charge in [-0.2, -0.15) is 0 Å². The highest BCUT2D eigenvalue weighted by molar-refractivity contribution is 6.30. The highest BCUT2D eigenvalue weighted by atomic mass is 35.5. The highest BCUT2D eigenvalue weighted by Crippen LogP contribution is 2.17. The maximum Gasteiger partial charge on any atom is 0.411 e. The molecule has 4 nitrogen and oxygen atoms in total. The van der Waals surface area contributed by atoms with Gasteiger partial charge in [-0.3, -0.25) is 5.32 Å². The summed E-state index contributed by atoms with van der Waals surface area (Å²) in [6.07, 6.45) is -0.772. The molecule has 0 unspecified atom stereocenters. The Bertz CT molecular complexity index is 339. The summed E-state index contributed by atoms with van der Waals surface area (Å²) in [5.74, 6) is -0.556. The molecule has 6 heteroatoms. The van der Waals surface area contributed by atoms with Crippen molar-refractivity contribution in [1.29, 1.82) is 0 Å². The van der Waals surface area contributed by atoms with E-state index in [1.165, 1.54) is 6.07 Å². The van der Waals surface area contributed by atoms with Gasteiger partial charge in [0.05, 0.1) is 6.61 Å². The first kappa shape index (κ1) is 11.7.